The Morgan fingerprint density at radius 3 is 2.35 bits per heavy atom. The fraction of sp³-hybridized carbons (Fsp3) is 0.647. The van der Waals surface area contributed by atoms with Gasteiger partial charge in [0, 0.05) is 49.8 Å². The molecule has 0 aromatic heterocycles. The molecular weight excluding hydrogens is 373 g/mol. The molecule has 5 nitrogen and oxygen atoms in total. The topological polar surface area (TPSA) is 54.0 Å². The minimum absolute atomic E-state index is 0. The van der Waals surface area contributed by atoms with Crippen molar-refractivity contribution >= 4 is 12.4 Å². The van der Waals surface area contributed by atoms with Crippen LogP contribution in [0.3, 0.4) is 0 Å². The number of methoxy groups -OCH3 is 1. The van der Waals surface area contributed by atoms with Crippen molar-refractivity contribution in [2.24, 2.45) is 5.41 Å². The van der Waals surface area contributed by atoms with Crippen LogP contribution in [0.15, 0.2) is 18.2 Å². The summed E-state index contributed by atoms with van der Waals surface area (Å²) in [6.45, 7) is 6.66. The van der Waals surface area contributed by atoms with Gasteiger partial charge < -0.3 is 19.9 Å². The predicted octanol–water partition coefficient (Wildman–Crippen LogP) is 2.98. The van der Waals surface area contributed by atoms with Gasteiger partial charge in [0.15, 0.2) is 0 Å². The van der Waals surface area contributed by atoms with E-state index in [-0.39, 0.29) is 30.8 Å². The molecular formula is C17H26ClF3N2O3. The number of nitrogens with one attached hydrogen (secondary N) is 1. The number of alkyl halides is 3. The summed E-state index contributed by atoms with van der Waals surface area (Å²) < 4.78 is 47.3. The monoisotopic (exact) mass is 398 g/mol. The van der Waals surface area contributed by atoms with Crippen LogP contribution in [0.2, 0.25) is 0 Å². The minimum Gasteiger partial charge on any atom is -0.496 e. The molecule has 1 aliphatic heterocycles. The standard InChI is InChI=1S/C17H25F3N2O3.ClH/c1-16(2,11-23)15(22-8-6-21-7-9-22)13-10-12(25-17(18,19)20)4-5-14(13)24-3;/h4-5,10,15,21,23H,6-9,11H2,1-3H3;1H/t15-;/m1./s1. The van der Waals surface area contributed by atoms with Crippen LogP contribution in [0.25, 0.3) is 0 Å². The molecule has 1 aromatic rings. The van der Waals surface area contributed by atoms with Gasteiger partial charge in [-0.3, -0.25) is 4.90 Å². The second-order valence-corrected chi connectivity index (χ2v) is 6.79. The number of piperazine rings is 1. The second kappa shape index (κ2) is 9.12. The molecule has 9 heteroatoms. The maximum Gasteiger partial charge on any atom is 0.573 e. The van der Waals surface area contributed by atoms with Crippen LogP contribution >= 0.6 is 12.4 Å². The van der Waals surface area contributed by atoms with E-state index in [1.807, 2.05) is 13.8 Å². The lowest BCUT2D eigenvalue weighted by molar-refractivity contribution is -0.274. The maximum atomic E-state index is 12.6. The highest BCUT2D eigenvalue weighted by atomic mass is 35.5. The number of benzene rings is 1. The Morgan fingerprint density at radius 2 is 1.85 bits per heavy atom. The number of aliphatic hydroxyl groups is 1. The highest BCUT2D eigenvalue weighted by Crippen LogP contribution is 2.43. The molecule has 1 aliphatic rings. The SMILES string of the molecule is COc1ccc(OC(F)(F)F)cc1[C@@H](N1CCNCC1)C(C)(C)CO.Cl. The molecule has 1 atom stereocenters. The van der Waals surface area contributed by atoms with Gasteiger partial charge in [0.25, 0.3) is 0 Å². The number of nitrogens with zero attached hydrogens (tertiary/aromatic N) is 1. The first-order valence-electron chi connectivity index (χ1n) is 8.17. The summed E-state index contributed by atoms with van der Waals surface area (Å²) in [4.78, 5) is 2.15. The van der Waals surface area contributed by atoms with Crippen molar-refractivity contribution in [2.75, 3.05) is 39.9 Å². The van der Waals surface area contributed by atoms with Gasteiger partial charge in [-0.2, -0.15) is 0 Å². The van der Waals surface area contributed by atoms with Gasteiger partial charge in [0.1, 0.15) is 11.5 Å². The molecule has 0 spiro atoms. The Kier molecular flexibility index (Phi) is 8.01. The first kappa shape index (κ1) is 22.8. The van der Waals surface area contributed by atoms with Gasteiger partial charge >= 0.3 is 6.36 Å². The van der Waals surface area contributed by atoms with Gasteiger partial charge in [0.05, 0.1) is 7.11 Å². The molecule has 2 N–H and O–H groups in total. The summed E-state index contributed by atoms with van der Waals surface area (Å²) in [5, 5.41) is 13.1. The van der Waals surface area contributed by atoms with E-state index in [0.29, 0.717) is 11.3 Å². The van der Waals surface area contributed by atoms with Crippen molar-refractivity contribution in [3.63, 3.8) is 0 Å². The van der Waals surface area contributed by atoms with Crippen LogP contribution in [0.5, 0.6) is 11.5 Å². The first-order chi connectivity index (χ1) is 11.7. The molecule has 1 aromatic carbocycles. The van der Waals surface area contributed by atoms with E-state index in [2.05, 4.69) is 15.0 Å². The average Bonchev–Trinajstić information content (AvgIpc) is 2.55. The van der Waals surface area contributed by atoms with Gasteiger partial charge in [-0.05, 0) is 18.2 Å². The van der Waals surface area contributed by atoms with Crippen LogP contribution in [0, 0.1) is 5.41 Å². The highest BCUT2D eigenvalue weighted by Gasteiger charge is 2.38. The average molecular weight is 399 g/mol. The summed E-state index contributed by atoms with van der Waals surface area (Å²) in [5.41, 5.74) is -0.00761. The maximum absolute atomic E-state index is 12.6. The fourth-order valence-corrected chi connectivity index (χ4v) is 3.26. The van der Waals surface area contributed by atoms with E-state index < -0.39 is 11.8 Å². The van der Waals surface area contributed by atoms with Crippen molar-refractivity contribution in [3.8, 4) is 11.5 Å². The normalized spacial score (nSPS) is 17.3. The molecule has 0 amide bonds. The zero-order valence-electron chi connectivity index (χ0n) is 15.1. The number of rotatable bonds is 6. The van der Waals surface area contributed by atoms with Crippen molar-refractivity contribution in [2.45, 2.75) is 26.3 Å². The molecule has 1 saturated heterocycles. The molecule has 1 fully saturated rings. The lowest BCUT2D eigenvalue weighted by Crippen LogP contribution is -2.49. The van der Waals surface area contributed by atoms with Gasteiger partial charge in [-0.15, -0.1) is 25.6 Å². The smallest absolute Gasteiger partial charge is 0.496 e. The number of ether oxygens (including phenoxy) is 2. The lowest BCUT2D eigenvalue weighted by Gasteiger charge is -2.43. The van der Waals surface area contributed by atoms with E-state index in [0.717, 1.165) is 26.2 Å². The Balaban J connectivity index is 0.00000338. The van der Waals surface area contributed by atoms with Crippen molar-refractivity contribution in [3.05, 3.63) is 23.8 Å². The van der Waals surface area contributed by atoms with E-state index in [1.54, 1.807) is 0 Å². The molecule has 2 rings (SSSR count). The molecule has 0 bridgehead atoms. The Morgan fingerprint density at radius 1 is 1.23 bits per heavy atom. The fourth-order valence-electron chi connectivity index (χ4n) is 3.26. The molecule has 0 saturated carbocycles. The van der Waals surface area contributed by atoms with Crippen LogP contribution in [-0.2, 0) is 0 Å². The van der Waals surface area contributed by atoms with Gasteiger partial charge in [-0.1, -0.05) is 13.8 Å². The quantitative estimate of drug-likeness (QED) is 0.771. The summed E-state index contributed by atoms with van der Waals surface area (Å²) >= 11 is 0. The predicted molar refractivity (Wildman–Crippen MR) is 95.0 cm³/mol. The zero-order chi connectivity index (χ0) is 18.7. The largest absolute Gasteiger partial charge is 0.573 e. The van der Waals surface area contributed by atoms with Crippen LogP contribution in [0.4, 0.5) is 13.2 Å². The van der Waals surface area contributed by atoms with Gasteiger partial charge in [-0.25, -0.2) is 0 Å². The van der Waals surface area contributed by atoms with E-state index in [4.69, 9.17) is 4.74 Å². The molecule has 0 aliphatic carbocycles. The molecule has 1 heterocycles. The minimum atomic E-state index is -4.76. The summed E-state index contributed by atoms with van der Waals surface area (Å²) in [6, 6.07) is 3.75. The molecule has 0 radical (unpaired) electrons. The van der Waals surface area contributed by atoms with Crippen LogP contribution in [-0.4, -0.2) is 56.3 Å². The number of hydrogen-bond acceptors (Lipinski definition) is 5. The summed E-state index contributed by atoms with van der Waals surface area (Å²) in [7, 11) is 1.48. The molecule has 26 heavy (non-hydrogen) atoms. The van der Waals surface area contributed by atoms with Crippen molar-refractivity contribution in [1.29, 1.82) is 0 Å². The van der Waals surface area contributed by atoms with Crippen molar-refractivity contribution in [1.82, 2.24) is 10.2 Å². The van der Waals surface area contributed by atoms with E-state index in [1.165, 1.54) is 25.3 Å². The lowest BCUT2D eigenvalue weighted by atomic mass is 9.79. The summed E-state index contributed by atoms with van der Waals surface area (Å²) in [5.74, 6) is 0.178. The summed E-state index contributed by atoms with van der Waals surface area (Å²) in [6.07, 6.45) is -4.76. The van der Waals surface area contributed by atoms with E-state index >= 15 is 0 Å². The Bertz CT molecular complexity index is 579. The van der Waals surface area contributed by atoms with Gasteiger partial charge in [0.2, 0.25) is 0 Å². The zero-order valence-corrected chi connectivity index (χ0v) is 15.9. The van der Waals surface area contributed by atoms with Crippen LogP contribution in [0.1, 0.15) is 25.5 Å². The molecule has 150 valence electrons. The Hall–Kier alpha value is -1.22. The second-order valence-electron chi connectivity index (χ2n) is 6.79. The number of aliphatic hydroxyl groups excluding tert-OH is 1. The third kappa shape index (κ3) is 5.64. The first-order valence-corrected chi connectivity index (χ1v) is 8.17. The number of hydrogen-bond donors (Lipinski definition) is 2. The van der Waals surface area contributed by atoms with E-state index in [9.17, 15) is 18.3 Å². The third-order valence-corrected chi connectivity index (χ3v) is 4.39. The highest BCUT2D eigenvalue weighted by molar-refractivity contribution is 5.85. The third-order valence-electron chi connectivity index (χ3n) is 4.39. The molecule has 0 unspecified atom stereocenters. The number of halogens is 4. The Labute approximate surface area is 157 Å². The van der Waals surface area contributed by atoms with Crippen molar-refractivity contribution < 1.29 is 27.8 Å². The van der Waals surface area contributed by atoms with Crippen LogP contribution < -0.4 is 14.8 Å².